The van der Waals surface area contributed by atoms with E-state index in [0.29, 0.717) is 45.8 Å². The van der Waals surface area contributed by atoms with Crippen LogP contribution in [0, 0.1) is 0 Å². The Kier molecular flexibility index (Phi) is 5.80. The van der Waals surface area contributed by atoms with Gasteiger partial charge in [0.2, 0.25) is 11.8 Å². The Morgan fingerprint density at radius 2 is 1.97 bits per heavy atom. The second kappa shape index (κ2) is 8.62. The molecule has 1 atom stereocenters. The number of ether oxygens (including phenoxy) is 2. The van der Waals surface area contributed by atoms with Gasteiger partial charge in [-0.25, -0.2) is 0 Å². The summed E-state index contributed by atoms with van der Waals surface area (Å²) in [5.74, 6) is 0.865. The van der Waals surface area contributed by atoms with Gasteiger partial charge < -0.3 is 29.4 Å². The maximum Gasteiger partial charge on any atom is 0.237 e. The van der Waals surface area contributed by atoms with Crippen LogP contribution < -0.4 is 4.74 Å². The summed E-state index contributed by atoms with van der Waals surface area (Å²) in [5, 5.41) is 11.5. The number of H-pyrrole nitrogens is 1. The van der Waals surface area contributed by atoms with Crippen LogP contribution in [0.2, 0.25) is 0 Å². The van der Waals surface area contributed by atoms with E-state index in [1.807, 2.05) is 34.9 Å². The standard InChI is InChI=1S/C24H32N4O5/c1-3-20(30)27-13-24(14-27)15-28(21(31)11-26-6-8-33-9-7-26)19(12-29)23-22(24)17-5-4-16(32-2)10-18(17)25-23/h4-5,10,19,25,29H,3,6-9,11-15H2,1-2H3/t19-/m1/s1. The van der Waals surface area contributed by atoms with Crippen LogP contribution in [0.1, 0.15) is 30.6 Å². The number of benzene rings is 1. The normalized spacial score (nSPS) is 22.3. The molecule has 0 aliphatic carbocycles. The van der Waals surface area contributed by atoms with Crippen molar-refractivity contribution in [2.24, 2.45) is 0 Å². The fourth-order valence-corrected chi connectivity index (χ4v) is 5.65. The third kappa shape index (κ3) is 3.68. The highest BCUT2D eigenvalue weighted by atomic mass is 16.5. The van der Waals surface area contributed by atoms with Crippen LogP contribution in [0.4, 0.5) is 0 Å². The van der Waals surface area contributed by atoms with E-state index < -0.39 is 6.04 Å². The number of carbonyl (C=O) groups excluding carboxylic acids is 2. The summed E-state index contributed by atoms with van der Waals surface area (Å²) < 4.78 is 10.8. The Hall–Kier alpha value is -2.62. The molecule has 0 saturated carbocycles. The molecule has 1 spiro atoms. The smallest absolute Gasteiger partial charge is 0.237 e. The number of aromatic amines is 1. The van der Waals surface area contributed by atoms with E-state index >= 15 is 0 Å². The highest BCUT2D eigenvalue weighted by Crippen LogP contribution is 2.48. The molecule has 2 amide bonds. The molecule has 1 aromatic carbocycles. The lowest BCUT2D eigenvalue weighted by Gasteiger charge is -2.56. The zero-order valence-corrected chi connectivity index (χ0v) is 19.3. The number of aliphatic hydroxyl groups excluding tert-OH is 1. The average molecular weight is 457 g/mol. The zero-order chi connectivity index (χ0) is 23.2. The predicted octanol–water partition coefficient (Wildman–Crippen LogP) is 0.874. The van der Waals surface area contributed by atoms with Gasteiger partial charge in [-0.05, 0) is 17.7 Å². The number of aromatic nitrogens is 1. The van der Waals surface area contributed by atoms with E-state index in [1.165, 1.54) is 0 Å². The predicted molar refractivity (Wildman–Crippen MR) is 122 cm³/mol. The third-order valence-electron chi connectivity index (χ3n) is 7.35. The lowest BCUT2D eigenvalue weighted by molar-refractivity contribution is -0.146. The maximum atomic E-state index is 13.5. The van der Waals surface area contributed by atoms with Crippen molar-refractivity contribution in [2.75, 3.05) is 66.2 Å². The van der Waals surface area contributed by atoms with Crippen molar-refractivity contribution in [1.82, 2.24) is 19.7 Å². The molecule has 2 saturated heterocycles. The summed E-state index contributed by atoms with van der Waals surface area (Å²) in [4.78, 5) is 35.1. The van der Waals surface area contributed by atoms with Crippen molar-refractivity contribution in [3.8, 4) is 5.75 Å². The fourth-order valence-electron chi connectivity index (χ4n) is 5.65. The SMILES string of the molecule is CCC(=O)N1CC2(C1)CN(C(=O)CN1CCOCC1)[C@H](CO)c1[nH]c3cc(OC)ccc3c12. The second-order valence-corrected chi connectivity index (χ2v) is 9.32. The van der Waals surface area contributed by atoms with Gasteiger partial charge in [0.05, 0.1) is 44.9 Å². The van der Waals surface area contributed by atoms with Gasteiger partial charge in [-0.15, -0.1) is 0 Å². The second-order valence-electron chi connectivity index (χ2n) is 9.32. The summed E-state index contributed by atoms with van der Waals surface area (Å²) in [7, 11) is 1.63. The average Bonchev–Trinajstić information content (AvgIpc) is 3.20. The van der Waals surface area contributed by atoms with E-state index in [9.17, 15) is 14.7 Å². The van der Waals surface area contributed by atoms with Crippen molar-refractivity contribution in [3.63, 3.8) is 0 Å². The number of morpholine rings is 1. The molecule has 178 valence electrons. The van der Waals surface area contributed by atoms with E-state index in [4.69, 9.17) is 9.47 Å². The van der Waals surface area contributed by atoms with Crippen molar-refractivity contribution in [1.29, 1.82) is 0 Å². The highest BCUT2D eigenvalue weighted by Gasteiger charge is 2.54. The van der Waals surface area contributed by atoms with Gasteiger partial charge >= 0.3 is 0 Å². The van der Waals surface area contributed by atoms with Crippen molar-refractivity contribution < 1.29 is 24.2 Å². The molecule has 2 fully saturated rings. The number of nitrogens with zero attached hydrogens (tertiary/aromatic N) is 3. The Morgan fingerprint density at radius 3 is 2.64 bits per heavy atom. The van der Waals surface area contributed by atoms with Gasteiger partial charge in [-0.2, -0.15) is 0 Å². The first-order valence-electron chi connectivity index (χ1n) is 11.7. The molecular formula is C24H32N4O5. The molecule has 2 aromatic rings. The van der Waals surface area contributed by atoms with Gasteiger partial charge in [0.15, 0.2) is 0 Å². The Bertz CT molecular complexity index is 1050. The minimum atomic E-state index is -0.450. The first kappa shape index (κ1) is 22.2. The van der Waals surface area contributed by atoms with Gasteiger partial charge in [0, 0.05) is 61.8 Å². The minimum Gasteiger partial charge on any atom is -0.497 e. The molecule has 9 nitrogen and oxygen atoms in total. The summed E-state index contributed by atoms with van der Waals surface area (Å²) in [5.41, 5.74) is 2.56. The van der Waals surface area contributed by atoms with Gasteiger partial charge in [-0.3, -0.25) is 14.5 Å². The van der Waals surface area contributed by atoms with Gasteiger partial charge in [-0.1, -0.05) is 6.92 Å². The molecule has 4 heterocycles. The quantitative estimate of drug-likeness (QED) is 0.693. The van der Waals surface area contributed by atoms with E-state index in [1.54, 1.807) is 7.11 Å². The number of methoxy groups -OCH3 is 1. The summed E-state index contributed by atoms with van der Waals surface area (Å²) in [6.45, 7) is 6.35. The van der Waals surface area contributed by atoms with Crippen LogP contribution in [0.25, 0.3) is 10.9 Å². The van der Waals surface area contributed by atoms with Crippen molar-refractivity contribution >= 4 is 22.7 Å². The van der Waals surface area contributed by atoms with Crippen LogP contribution in [-0.4, -0.2) is 103 Å². The van der Waals surface area contributed by atoms with Crippen molar-refractivity contribution in [2.45, 2.75) is 24.8 Å². The Morgan fingerprint density at radius 1 is 1.21 bits per heavy atom. The number of nitrogens with one attached hydrogen (secondary N) is 1. The third-order valence-corrected chi connectivity index (χ3v) is 7.35. The van der Waals surface area contributed by atoms with Gasteiger partial charge in [0.1, 0.15) is 5.75 Å². The Labute approximate surface area is 193 Å². The molecule has 3 aliphatic rings. The molecule has 9 heteroatoms. The summed E-state index contributed by atoms with van der Waals surface area (Å²) in [6, 6.07) is 5.47. The van der Waals surface area contributed by atoms with Crippen LogP contribution in [0.3, 0.4) is 0 Å². The first-order chi connectivity index (χ1) is 16.0. The van der Waals surface area contributed by atoms with E-state index in [0.717, 1.165) is 41.0 Å². The summed E-state index contributed by atoms with van der Waals surface area (Å²) >= 11 is 0. The van der Waals surface area contributed by atoms with Crippen LogP contribution in [0.5, 0.6) is 5.75 Å². The maximum absolute atomic E-state index is 13.5. The topological polar surface area (TPSA) is 98.3 Å². The molecule has 1 aromatic heterocycles. The Balaban J connectivity index is 1.54. The van der Waals surface area contributed by atoms with Crippen LogP contribution >= 0.6 is 0 Å². The van der Waals surface area contributed by atoms with E-state index in [2.05, 4.69) is 9.88 Å². The number of hydrogen-bond donors (Lipinski definition) is 2. The number of carbonyl (C=O) groups is 2. The molecule has 0 unspecified atom stereocenters. The number of hydrogen-bond acceptors (Lipinski definition) is 6. The van der Waals surface area contributed by atoms with Crippen LogP contribution in [0.15, 0.2) is 18.2 Å². The molecule has 5 rings (SSSR count). The fraction of sp³-hybridized carbons (Fsp3) is 0.583. The lowest BCUT2D eigenvalue weighted by atomic mass is 9.68. The number of fused-ring (bicyclic) bond motifs is 4. The largest absolute Gasteiger partial charge is 0.497 e. The highest BCUT2D eigenvalue weighted by molar-refractivity contribution is 5.90. The van der Waals surface area contributed by atoms with E-state index in [-0.39, 0.29) is 23.8 Å². The van der Waals surface area contributed by atoms with Crippen molar-refractivity contribution in [3.05, 3.63) is 29.5 Å². The number of rotatable bonds is 5. The molecule has 2 N–H and O–H groups in total. The monoisotopic (exact) mass is 456 g/mol. The van der Waals surface area contributed by atoms with Gasteiger partial charge in [0.25, 0.3) is 0 Å². The number of amides is 2. The van der Waals surface area contributed by atoms with Crippen LogP contribution in [-0.2, 0) is 19.7 Å². The lowest BCUT2D eigenvalue weighted by Crippen LogP contribution is -2.68. The summed E-state index contributed by atoms with van der Waals surface area (Å²) in [6.07, 6.45) is 0.465. The zero-order valence-electron chi connectivity index (χ0n) is 19.3. The number of aliphatic hydroxyl groups is 1. The molecular weight excluding hydrogens is 424 g/mol. The number of likely N-dealkylation sites (tertiary alicyclic amines) is 1. The molecule has 0 bridgehead atoms. The molecule has 0 radical (unpaired) electrons. The first-order valence-corrected chi connectivity index (χ1v) is 11.7. The molecule has 3 aliphatic heterocycles. The molecule has 33 heavy (non-hydrogen) atoms. The minimum absolute atomic E-state index is 0.00233.